The van der Waals surface area contributed by atoms with Crippen molar-refractivity contribution < 1.29 is 27.4 Å². The second kappa shape index (κ2) is 9.36. The standard InChI is InChI=1S/C21H29F3N2O3S/c1-20(7-4-5-8-20)26-14-6-9-29-12-15(14)25-19(27)18-16(28-2)10-13(21(22,23)24)11-17(18)30-3/h10-11,14-15,26H,4-9,12H2,1-3H3,(H,25,27)/t14-,15-/m1/s1. The van der Waals surface area contributed by atoms with Gasteiger partial charge in [0.15, 0.2) is 0 Å². The molecule has 1 saturated heterocycles. The molecule has 9 heteroatoms. The van der Waals surface area contributed by atoms with Gasteiger partial charge in [-0.1, -0.05) is 12.8 Å². The quantitative estimate of drug-likeness (QED) is 0.640. The summed E-state index contributed by atoms with van der Waals surface area (Å²) in [5.74, 6) is -0.542. The maximum Gasteiger partial charge on any atom is 0.416 e. The number of alkyl halides is 3. The highest BCUT2D eigenvalue weighted by atomic mass is 32.2. The van der Waals surface area contributed by atoms with Crippen LogP contribution in [-0.4, -0.2) is 50.1 Å². The van der Waals surface area contributed by atoms with E-state index in [-0.39, 0.29) is 33.8 Å². The molecule has 1 heterocycles. The molecule has 2 fully saturated rings. The van der Waals surface area contributed by atoms with Gasteiger partial charge in [-0.3, -0.25) is 4.79 Å². The lowest BCUT2D eigenvalue weighted by Gasteiger charge is -2.39. The molecule has 1 aliphatic heterocycles. The number of methoxy groups -OCH3 is 1. The lowest BCUT2D eigenvalue weighted by Crippen LogP contribution is -2.60. The summed E-state index contributed by atoms with van der Waals surface area (Å²) in [6.45, 7) is 3.18. The molecule has 2 aliphatic rings. The Bertz CT molecular complexity index is 741. The van der Waals surface area contributed by atoms with Crippen molar-refractivity contribution in [2.75, 3.05) is 26.6 Å². The molecule has 2 atom stereocenters. The Morgan fingerprint density at radius 3 is 2.57 bits per heavy atom. The van der Waals surface area contributed by atoms with Crippen LogP contribution in [0.3, 0.4) is 0 Å². The summed E-state index contributed by atoms with van der Waals surface area (Å²) in [7, 11) is 1.27. The summed E-state index contributed by atoms with van der Waals surface area (Å²) >= 11 is 1.08. The number of hydrogen-bond acceptors (Lipinski definition) is 5. The fourth-order valence-electron chi connectivity index (χ4n) is 4.34. The predicted octanol–water partition coefficient (Wildman–Crippen LogP) is 4.25. The average Bonchev–Trinajstić information content (AvgIpc) is 3.13. The van der Waals surface area contributed by atoms with Crippen molar-refractivity contribution in [1.82, 2.24) is 10.6 Å². The minimum atomic E-state index is -4.52. The Morgan fingerprint density at radius 2 is 1.97 bits per heavy atom. The van der Waals surface area contributed by atoms with E-state index in [1.807, 2.05) is 0 Å². The van der Waals surface area contributed by atoms with E-state index in [0.29, 0.717) is 13.2 Å². The van der Waals surface area contributed by atoms with E-state index >= 15 is 0 Å². The van der Waals surface area contributed by atoms with E-state index in [0.717, 1.165) is 43.2 Å². The van der Waals surface area contributed by atoms with Gasteiger partial charge in [-0.25, -0.2) is 0 Å². The van der Waals surface area contributed by atoms with Gasteiger partial charge in [0.05, 0.1) is 30.9 Å². The van der Waals surface area contributed by atoms with E-state index in [1.165, 1.54) is 20.0 Å². The topological polar surface area (TPSA) is 59.6 Å². The van der Waals surface area contributed by atoms with Crippen molar-refractivity contribution in [2.45, 2.75) is 67.7 Å². The minimum Gasteiger partial charge on any atom is -0.496 e. The van der Waals surface area contributed by atoms with Crippen molar-refractivity contribution in [2.24, 2.45) is 0 Å². The first-order chi connectivity index (χ1) is 14.2. The van der Waals surface area contributed by atoms with Crippen LogP contribution in [0.1, 0.15) is 54.9 Å². The monoisotopic (exact) mass is 446 g/mol. The highest BCUT2D eigenvalue weighted by Crippen LogP contribution is 2.38. The SMILES string of the molecule is COc1cc(C(F)(F)F)cc(SC)c1C(=O)N[C@@H]1COCC[C@H]1NC1(C)CCCC1. The number of rotatable bonds is 6. The molecule has 0 bridgehead atoms. The van der Waals surface area contributed by atoms with Crippen LogP contribution in [0.25, 0.3) is 0 Å². The summed E-state index contributed by atoms with van der Waals surface area (Å²) in [6.07, 6.45) is 2.44. The van der Waals surface area contributed by atoms with Gasteiger partial charge >= 0.3 is 6.18 Å². The van der Waals surface area contributed by atoms with E-state index < -0.39 is 17.6 Å². The highest BCUT2D eigenvalue weighted by molar-refractivity contribution is 7.98. The van der Waals surface area contributed by atoms with Gasteiger partial charge in [0, 0.05) is 23.1 Å². The maximum atomic E-state index is 13.2. The van der Waals surface area contributed by atoms with Crippen LogP contribution in [0.2, 0.25) is 0 Å². The molecule has 2 N–H and O–H groups in total. The second-order valence-corrected chi connectivity index (χ2v) is 9.06. The molecule has 1 aliphatic carbocycles. The number of hydrogen-bond donors (Lipinski definition) is 2. The summed E-state index contributed by atoms with van der Waals surface area (Å²) in [4.78, 5) is 13.4. The van der Waals surface area contributed by atoms with E-state index in [2.05, 4.69) is 17.6 Å². The first kappa shape index (κ1) is 23.2. The first-order valence-corrected chi connectivity index (χ1v) is 11.4. The van der Waals surface area contributed by atoms with Crippen molar-refractivity contribution in [3.63, 3.8) is 0 Å². The number of carbonyl (C=O) groups excluding carboxylic acids is 1. The molecule has 3 rings (SSSR count). The maximum absolute atomic E-state index is 13.2. The number of amides is 1. The second-order valence-electron chi connectivity index (χ2n) is 8.22. The third-order valence-electron chi connectivity index (χ3n) is 5.97. The number of nitrogens with one attached hydrogen (secondary N) is 2. The van der Waals surface area contributed by atoms with Gasteiger partial charge in [0.2, 0.25) is 0 Å². The highest BCUT2D eigenvalue weighted by Gasteiger charge is 2.37. The van der Waals surface area contributed by atoms with Crippen LogP contribution in [0.15, 0.2) is 17.0 Å². The molecule has 0 aromatic heterocycles. The fourth-order valence-corrected chi connectivity index (χ4v) is 4.98. The minimum absolute atomic E-state index is 0.0431. The Hall–Kier alpha value is -1.45. The smallest absolute Gasteiger partial charge is 0.416 e. The largest absolute Gasteiger partial charge is 0.496 e. The molecular formula is C21H29F3N2O3S. The zero-order valence-electron chi connectivity index (χ0n) is 17.5. The van der Waals surface area contributed by atoms with E-state index in [4.69, 9.17) is 9.47 Å². The number of benzene rings is 1. The molecule has 0 radical (unpaired) electrons. The zero-order chi connectivity index (χ0) is 21.9. The van der Waals surface area contributed by atoms with Crippen molar-refractivity contribution in [3.05, 3.63) is 23.3 Å². The van der Waals surface area contributed by atoms with Gasteiger partial charge < -0.3 is 20.1 Å². The Kier molecular flexibility index (Phi) is 7.24. The molecule has 0 spiro atoms. The third kappa shape index (κ3) is 5.23. The van der Waals surface area contributed by atoms with Crippen LogP contribution < -0.4 is 15.4 Å². The van der Waals surface area contributed by atoms with Crippen LogP contribution in [-0.2, 0) is 10.9 Å². The van der Waals surface area contributed by atoms with Gasteiger partial charge in [-0.2, -0.15) is 13.2 Å². The van der Waals surface area contributed by atoms with Crippen molar-refractivity contribution in [3.8, 4) is 5.75 Å². The van der Waals surface area contributed by atoms with Gasteiger partial charge in [0.1, 0.15) is 5.75 Å². The zero-order valence-corrected chi connectivity index (χ0v) is 18.3. The van der Waals surface area contributed by atoms with Crippen LogP contribution in [0.5, 0.6) is 5.75 Å². The van der Waals surface area contributed by atoms with Gasteiger partial charge in [0.25, 0.3) is 5.91 Å². The Balaban J connectivity index is 1.83. The number of halogens is 3. The van der Waals surface area contributed by atoms with Crippen molar-refractivity contribution >= 4 is 17.7 Å². The van der Waals surface area contributed by atoms with E-state index in [9.17, 15) is 18.0 Å². The summed E-state index contributed by atoms with van der Waals surface area (Å²) in [5.41, 5.74) is -0.675. The Labute approximate surface area is 179 Å². The fraction of sp³-hybridized carbons (Fsp3) is 0.667. The van der Waals surface area contributed by atoms with E-state index in [1.54, 1.807) is 6.26 Å². The number of carbonyl (C=O) groups is 1. The molecule has 1 aromatic rings. The Morgan fingerprint density at radius 1 is 1.27 bits per heavy atom. The van der Waals surface area contributed by atoms with Crippen LogP contribution >= 0.6 is 11.8 Å². The normalized spacial score (nSPS) is 23.9. The molecule has 1 amide bonds. The van der Waals surface area contributed by atoms with Gasteiger partial charge in [-0.05, 0) is 44.6 Å². The summed E-state index contributed by atoms with van der Waals surface area (Å²) < 4.78 is 50.4. The third-order valence-corrected chi connectivity index (χ3v) is 6.74. The molecule has 30 heavy (non-hydrogen) atoms. The molecule has 1 saturated carbocycles. The van der Waals surface area contributed by atoms with Gasteiger partial charge in [-0.15, -0.1) is 11.8 Å². The molecular weight excluding hydrogens is 417 g/mol. The molecule has 5 nitrogen and oxygen atoms in total. The average molecular weight is 447 g/mol. The van der Waals surface area contributed by atoms with Crippen LogP contribution in [0, 0.1) is 0 Å². The van der Waals surface area contributed by atoms with Crippen molar-refractivity contribution in [1.29, 1.82) is 0 Å². The molecule has 168 valence electrons. The lowest BCUT2D eigenvalue weighted by atomic mass is 9.94. The molecule has 1 aromatic carbocycles. The van der Waals surface area contributed by atoms with Crippen LogP contribution in [0.4, 0.5) is 13.2 Å². The predicted molar refractivity (Wildman–Crippen MR) is 110 cm³/mol. The number of thioether (sulfide) groups is 1. The molecule has 0 unspecified atom stereocenters. The first-order valence-electron chi connectivity index (χ1n) is 10.2. The summed E-state index contributed by atoms with van der Waals surface area (Å²) in [6, 6.07) is 1.64. The lowest BCUT2D eigenvalue weighted by molar-refractivity contribution is -0.137. The number of ether oxygens (including phenoxy) is 2. The summed E-state index contributed by atoms with van der Waals surface area (Å²) in [5, 5.41) is 6.69.